The van der Waals surface area contributed by atoms with E-state index in [0.29, 0.717) is 12.2 Å². The monoisotopic (exact) mass is 220 g/mol. The lowest BCUT2D eigenvalue weighted by Gasteiger charge is -2.18. The van der Waals surface area contributed by atoms with Crippen molar-refractivity contribution in [3.05, 3.63) is 0 Å². The van der Waals surface area contributed by atoms with E-state index in [4.69, 9.17) is 5.11 Å². The molecule has 0 aliphatic heterocycles. The number of carbonyl (C=O) groups is 1. The van der Waals surface area contributed by atoms with E-state index in [1.165, 1.54) is 0 Å². The van der Waals surface area contributed by atoms with Gasteiger partial charge in [0.05, 0.1) is 0 Å². The zero-order valence-corrected chi connectivity index (χ0v) is 10.2. The molecule has 2 unspecified atom stereocenters. The molecule has 0 saturated heterocycles. The number of carboxylic acid groups (broad SMARTS) is 1. The second-order valence-corrected chi connectivity index (χ2v) is 6.37. The average Bonchev–Trinajstić information content (AvgIpc) is 2.00. The van der Waals surface area contributed by atoms with Gasteiger partial charge in [0.1, 0.15) is 5.25 Å². The third-order valence-corrected chi connectivity index (χ3v) is 3.79. The van der Waals surface area contributed by atoms with Crippen molar-refractivity contribution in [3.8, 4) is 0 Å². The minimum Gasteiger partial charge on any atom is -0.480 e. The topological polar surface area (TPSA) is 54.4 Å². The van der Waals surface area contributed by atoms with E-state index >= 15 is 0 Å². The summed E-state index contributed by atoms with van der Waals surface area (Å²) in [5.41, 5.74) is 0.118. The normalized spacial score (nSPS) is 16.3. The maximum atomic E-state index is 11.6. The molecule has 0 aromatic carbocycles. The first-order valence-corrected chi connectivity index (χ1v) is 6.26. The van der Waals surface area contributed by atoms with Gasteiger partial charge in [0.15, 0.2) is 0 Å². The first-order valence-electron chi connectivity index (χ1n) is 4.88. The highest BCUT2D eigenvalue weighted by Gasteiger charge is 2.23. The number of rotatable bonds is 5. The van der Waals surface area contributed by atoms with Crippen LogP contribution >= 0.6 is 0 Å². The molecule has 0 heterocycles. The quantitative estimate of drug-likeness (QED) is 0.771. The summed E-state index contributed by atoms with van der Waals surface area (Å²) in [6, 6.07) is 0. The molecular formula is C10H20O3S. The van der Waals surface area contributed by atoms with E-state index in [0.717, 1.165) is 6.42 Å². The number of hydrogen-bond donors (Lipinski definition) is 1. The highest BCUT2D eigenvalue weighted by Crippen LogP contribution is 2.19. The van der Waals surface area contributed by atoms with Crippen LogP contribution in [0.5, 0.6) is 0 Å². The molecule has 4 heteroatoms. The van der Waals surface area contributed by atoms with Crippen LogP contribution in [0, 0.1) is 5.41 Å². The summed E-state index contributed by atoms with van der Waals surface area (Å²) < 4.78 is 11.6. The van der Waals surface area contributed by atoms with E-state index in [-0.39, 0.29) is 5.41 Å². The lowest BCUT2D eigenvalue weighted by atomic mass is 9.94. The van der Waals surface area contributed by atoms with Gasteiger partial charge in [0.25, 0.3) is 0 Å². The molecule has 0 fully saturated rings. The molecule has 84 valence electrons. The molecule has 14 heavy (non-hydrogen) atoms. The Balaban J connectivity index is 4.13. The highest BCUT2D eigenvalue weighted by atomic mass is 32.2. The number of hydrogen-bond acceptors (Lipinski definition) is 2. The Labute approximate surface area is 88.4 Å². The first-order chi connectivity index (χ1) is 6.28. The Hall–Kier alpha value is -0.380. The lowest BCUT2D eigenvalue weighted by molar-refractivity contribution is -0.136. The Morgan fingerprint density at radius 3 is 2.21 bits per heavy atom. The van der Waals surface area contributed by atoms with Crippen LogP contribution in [0.25, 0.3) is 0 Å². The van der Waals surface area contributed by atoms with Crippen molar-refractivity contribution in [2.75, 3.05) is 5.75 Å². The molecule has 0 rings (SSSR count). The molecule has 0 aromatic rings. The Bertz CT molecular complexity index is 218. The van der Waals surface area contributed by atoms with Crippen molar-refractivity contribution in [2.45, 2.75) is 45.8 Å². The van der Waals surface area contributed by atoms with E-state index in [1.54, 1.807) is 6.92 Å². The third kappa shape index (κ3) is 5.37. The molecule has 0 radical (unpaired) electrons. The van der Waals surface area contributed by atoms with Gasteiger partial charge in [0, 0.05) is 16.6 Å². The molecule has 2 atom stereocenters. The van der Waals surface area contributed by atoms with Crippen LogP contribution in [-0.4, -0.2) is 26.3 Å². The third-order valence-electron chi connectivity index (χ3n) is 2.02. The van der Waals surface area contributed by atoms with Gasteiger partial charge >= 0.3 is 5.97 Å². The second-order valence-electron chi connectivity index (χ2n) is 4.63. The molecule has 3 nitrogen and oxygen atoms in total. The van der Waals surface area contributed by atoms with Crippen molar-refractivity contribution >= 4 is 16.8 Å². The van der Waals surface area contributed by atoms with Gasteiger partial charge < -0.3 is 5.11 Å². The van der Waals surface area contributed by atoms with E-state index in [9.17, 15) is 9.00 Å². The van der Waals surface area contributed by atoms with Crippen LogP contribution < -0.4 is 0 Å². The number of aliphatic carboxylic acids is 1. The molecule has 0 aliphatic carbocycles. The summed E-state index contributed by atoms with van der Waals surface area (Å²) in [5, 5.41) is 8.08. The molecular weight excluding hydrogens is 200 g/mol. The zero-order valence-electron chi connectivity index (χ0n) is 9.37. The largest absolute Gasteiger partial charge is 0.480 e. The summed E-state index contributed by atoms with van der Waals surface area (Å²) >= 11 is 0. The maximum absolute atomic E-state index is 11.6. The van der Waals surface area contributed by atoms with Gasteiger partial charge in [-0.05, 0) is 18.3 Å². The summed E-state index contributed by atoms with van der Waals surface area (Å²) in [4.78, 5) is 10.7. The fourth-order valence-corrected chi connectivity index (χ4v) is 2.72. The predicted octanol–water partition coefficient (Wildman–Crippen LogP) is 2.03. The zero-order chi connectivity index (χ0) is 11.4. The second kappa shape index (κ2) is 5.49. The molecule has 0 amide bonds. The first kappa shape index (κ1) is 13.6. The standard InChI is InChI=1S/C10H20O3S/c1-5-8(9(11)12)14(13)7-6-10(2,3)4/h8H,5-7H2,1-4H3,(H,11,12). The van der Waals surface area contributed by atoms with E-state index in [1.807, 2.05) is 0 Å². The van der Waals surface area contributed by atoms with Gasteiger partial charge in [-0.1, -0.05) is 27.7 Å². The van der Waals surface area contributed by atoms with Crippen LogP contribution in [0.2, 0.25) is 0 Å². The van der Waals surface area contributed by atoms with Crippen LogP contribution in [-0.2, 0) is 15.6 Å². The van der Waals surface area contributed by atoms with Crippen molar-refractivity contribution in [1.29, 1.82) is 0 Å². The average molecular weight is 220 g/mol. The highest BCUT2D eigenvalue weighted by molar-refractivity contribution is 7.86. The summed E-state index contributed by atoms with van der Waals surface area (Å²) in [6.45, 7) is 7.94. The van der Waals surface area contributed by atoms with Gasteiger partial charge in [-0.15, -0.1) is 0 Å². The van der Waals surface area contributed by atoms with Crippen LogP contribution in [0.15, 0.2) is 0 Å². The molecule has 0 aliphatic rings. The molecule has 1 N–H and O–H groups in total. The van der Waals surface area contributed by atoms with Gasteiger partial charge in [-0.25, -0.2) is 0 Å². The summed E-state index contributed by atoms with van der Waals surface area (Å²) in [5.74, 6) is -0.464. The SMILES string of the molecule is CCC(C(=O)O)S(=O)CCC(C)(C)C. The van der Waals surface area contributed by atoms with Crippen molar-refractivity contribution in [1.82, 2.24) is 0 Å². The molecule has 0 bridgehead atoms. The molecule has 0 spiro atoms. The minimum absolute atomic E-state index is 0.118. The molecule has 0 saturated carbocycles. The van der Waals surface area contributed by atoms with Crippen molar-refractivity contribution in [2.24, 2.45) is 5.41 Å². The fraction of sp³-hybridized carbons (Fsp3) is 0.900. The van der Waals surface area contributed by atoms with Crippen molar-refractivity contribution < 1.29 is 14.1 Å². The van der Waals surface area contributed by atoms with E-state index in [2.05, 4.69) is 20.8 Å². The molecule has 0 aromatic heterocycles. The minimum atomic E-state index is -1.23. The van der Waals surface area contributed by atoms with Crippen molar-refractivity contribution in [3.63, 3.8) is 0 Å². The van der Waals surface area contributed by atoms with Gasteiger partial charge in [-0.2, -0.15) is 0 Å². The Kier molecular flexibility index (Phi) is 5.34. The van der Waals surface area contributed by atoms with Gasteiger partial charge in [-0.3, -0.25) is 9.00 Å². The van der Waals surface area contributed by atoms with Crippen LogP contribution in [0.4, 0.5) is 0 Å². The summed E-state index contributed by atoms with van der Waals surface area (Å²) in [7, 11) is -1.23. The smallest absolute Gasteiger partial charge is 0.319 e. The van der Waals surface area contributed by atoms with Gasteiger partial charge in [0.2, 0.25) is 0 Å². The Morgan fingerprint density at radius 2 is 1.93 bits per heavy atom. The fourth-order valence-electron chi connectivity index (χ4n) is 1.02. The predicted molar refractivity (Wildman–Crippen MR) is 58.8 cm³/mol. The van der Waals surface area contributed by atoms with Crippen LogP contribution in [0.3, 0.4) is 0 Å². The maximum Gasteiger partial charge on any atom is 0.319 e. The van der Waals surface area contributed by atoms with E-state index < -0.39 is 22.0 Å². The lowest BCUT2D eigenvalue weighted by Crippen LogP contribution is -2.27. The number of carboxylic acids is 1. The summed E-state index contributed by atoms with van der Waals surface area (Å²) in [6.07, 6.45) is 1.23. The Morgan fingerprint density at radius 1 is 1.43 bits per heavy atom. The van der Waals surface area contributed by atoms with Crippen LogP contribution in [0.1, 0.15) is 40.5 Å².